The van der Waals surface area contributed by atoms with Gasteiger partial charge in [-0.3, -0.25) is 9.79 Å². The summed E-state index contributed by atoms with van der Waals surface area (Å²) in [6.45, 7) is 3.61. The molecule has 0 unspecified atom stereocenters. The van der Waals surface area contributed by atoms with E-state index in [2.05, 4.69) is 21.9 Å². The average Bonchev–Trinajstić information content (AvgIpc) is 2.52. The smallest absolute Gasteiger partial charge is 0.244 e. The first-order valence-corrected chi connectivity index (χ1v) is 7.48. The maximum atomic E-state index is 11.1. The molecule has 0 atom stereocenters. The number of amides is 1. The predicted molar refractivity (Wildman–Crippen MR) is 96.7 cm³/mol. The fourth-order valence-corrected chi connectivity index (χ4v) is 3.06. The van der Waals surface area contributed by atoms with E-state index in [1.165, 1.54) is 6.08 Å². The molecule has 0 aromatic heterocycles. The second-order valence-corrected chi connectivity index (χ2v) is 5.74. The Hall–Kier alpha value is -2.44. The van der Waals surface area contributed by atoms with Gasteiger partial charge in [-0.05, 0) is 42.5 Å². The molecule has 0 saturated heterocycles. The van der Waals surface area contributed by atoms with E-state index in [0.29, 0.717) is 0 Å². The summed E-state index contributed by atoms with van der Waals surface area (Å²) in [6.07, 6.45) is 1.22. The van der Waals surface area contributed by atoms with Crippen LogP contribution in [0.3, 0.4) is 0 Å². The maximum Gasteiger partial charge on any atom is 0.244 e. The lowest BCUT2D eigenvalue weighted by Gasteiger charge is -2.06. The van der Waals surface area contributed by atoms with E-state index in [4.69, 9.17) is 5.73 Å². The highest BCUT2D eigenvalue weighted by molar-refractivity contribution is 7.21. The molecule has 1 aromatic carbocycles. The van der Waals surface area contributed by atoms with E-state index in [9.17, 15) is 4.79 Å². The quantitative estimate of drug-likeness (QED) is 0.434. The molecular formula is C16H15ClN4OS. The van der Waals surface area contributed by atoms with Crippen LogP contribution in [0.4, 0.5) is 5.69 Å². The number of halogens is 1. The Kier molecular flexibility index (Phi) is 5.31. The number of fused-ring (bicyclic) bond motifs is 2. The van der Waals surface area contributed by atoms with Crippen molar-refractivity contribution in [2.75, 3.05) is 12.4 Å². The van der Waals surface area contributed by atoms with E-state index < -0.39 is 0 Å². The van der Waals surface area contributed by atoms with E-state index >= 15 is 0 Å². The van der Waals surface area contributed by atoms with Crippen LogP contribution in [-0.2, 0) is 4.79 Å². The number of carbonyl (C=O) groups excluding carboxylic acids is 1. The maximum absolute atomic E-state index is 11.1. The Morgan fingerprint density at radius 2 is 2.17 bits per heavy atom. The van der Waals surface area contributed by atoms with Crippen LogP contribution in [0.15, 0.2) is 54.0 Å². The molecule has 7 heteroatoms. The summed E-state index contributed by atoms with van der Waals surface area (Å²) in [4.78, 5) is 21.0. The lowest BCUT2D eigenvalue weighted by Crippen LogP contribution is -2.22. The van der Waals surface area contributed by atoms with Crippen molar-refractivity contribution >= 4 is 45.6 Å². The van der Waals surface area contributed by atoms with Crippen molar-refractivity contribution in [2.24, 2.45) is 4.99 Å². The number of nitrogens with one attached hydrogen (secondary N) is 1. The third kappa shape index (κ3) is 3.85. The van der Waals surface area contributed by atoms with Crippen LogP contribution in [0.5, 0.6) is 0 Å². The Labute approximate surface area is 143 Å². The standard InChI is InChI=1S/C16H14N4OS.ClH/c1-2-16(21)19-9-18-11-4-6-13-15(8-11)22-14-7-10(17)3-5-12(14)20-13;/h2-8H,1,9,17H2,(H,19,21);1H. The van der Waals surface area contributed by atoms with Crippen LogP contribution < -0.4 is 16.4 Å². The second kappa shape index (κ2) is 7.21. The minimum Gasteiger partial charge on any atom is -0.399 e. The van der Waals surface area contributed by atoms with E-state index in [0.717, 1.165) is 31.8 Å². The topological polar surface area (TPSA) is 80.4 Å². The van der Waals surface area contributed by atoms with E-state index in [-0.39, 0.29) is 25.0 Å². The van der Waals surface area contributed by atoms with E-state index in [1.807, 2.05) is 36.4 Å². The molecule has 118 valence electrons. The summed E-state index contributed by atoms with van der Waals surface area (Å²) in [5.41, 5.74) is 8.38. The number of anilines is 1. The molecular weight excluding hydrogens is 332 g/mol. The summed E-state index contributed by atoms with van der Waals surface area (Å²) in [5.74, 6) is -0.240. The van der Waals surface area contributed by atoms with Gasteiger partial charge in [-0.1, -0.05) is 6.58 Å². The highest BCUT2D eigenvalue weighted by Gasteiger charge is 2.06. The van der Waals surface area contributed by atoms with Crippen LogP contribution in [-0.4, -0.2) is 17.6 Å². The van der Waals surface area contributed by atoms with Crippen LogP contribution in [0.1, 0.15) is 0 Å². The monoisotopic (exact) mass is 346 g/mol. The van der Waals surface area contributed by atoms with Crippen LogP contribution in [0.25, 0.3) is 20.8 Å². The zero-order chi connectivity index (χ0) is 15.5. The molecule has 0 spiro atoms. The first kappa shape index (κ1) is 16.9. The zero-order valence-electron chi connectivity index (χ0n) is 12.2. The van der Waals surface area contributed by atoms with Gasteiger partial charge < -0.3 is 11.1 Å². The summed E-state index contributed by atoms with van der Waals surface area (Å²) < 4.78 is 1.03. The number of aromatic nitrogens is 1. The molecule has 0 bridgehead atoms. The third-order valence-electron chi connectivity index (χ3n) is 3.09. The van der Waals surface area contributed by atoms with Crippen LogP contribution >= 0.6 is 23.7 Å². The third-order valence-corrected chi connectivity index (χ3v) is 4.18. The van der Waals surface area contributed by atoms with Crippen molar-refractivity contribution < 1.29 is 4.79 Å². The fourth-order valence-electron chi connectivity index (χ4n) is 2.01. The van der Waals surface area contributed by atoms with Crippen LogP contribution in [0.2, 0.25) is 0 Å². The van der Waals surface area contributed by atoms with Crippen molar-refractivity contribution in [3.8, 4) is 10.6 Å². The van der Waals surface area contributed by atoms with Gasteiger partial charge in [0.2, 0.25) is 5.91 Å². The molecule has 3 rings (SSSR count). The molecule has 3 N–H and O–H groups in total. The molecule has 1 aromatic rings. The molecule has 23 heavy (non-hydrogen) atoms. The van der Waals surface area contributed by atoms with Gasteiger partial charge in [0.25, 0.3) is 0 Å². The number of benzene rings is 2. The molecule has 0 saturated carbocycles. The fraction of sp³-hybridized carbons (Fsp3) is 0.0625. The highest BCUT2D eigenvalue weighted by atomic mass is 35.5. The van der Waals surface area contributed by atoms with Gasteiger partial charge in [0, 0.05) is 5.69 Å². The van der Waals surface area contributed by atoms with Crippen molar-refractivity contribution in [3.63, 3.8) is 0 Å². The highest BCUT2D eigenvalue weighted by Crippen LogP contribution is 2.30. The number of carbonyl (C=O) groups is 1. The molecule has 1 amide bonds. The molecule has 2 aliphatic rings. The zero-order valence-corrected chi connectivity index (χ0v) is 13.8. The summed E-state index contributed by atoms with van der Waals surface area (Å²) in [5, 5.41) is 3.40. The van der Waals surface area contributed by atoms with Crippen molar-refractivity contribution in [3.05, 3.63) is 54.4 Å². The molecule has 0 radical (unpaired) electrons. The van der Waals surface area contributed by atoms with Gasteiger partial charge in [0.1, 0.15) is 6.67 Å². The number of hydrogen-bond donors (Lipinski definition) is 2. The Morgan fingerprint density at radius 1 is 1.35 bits per heavy atom. The summed E-state index contributed by atoms with van der Waals surface area (Å²) in [7, 11) is 0. The van der Waals surface area contributed by atoms with Crippen molar-refractivity contribution in [1.29, 1.82) is 0 Å². The SMILES string of the molecule is C=CC(=O)NCN=c1ccc2nc3ccc(N)cc3sc-2c1.Cl. The first-order valence-electron chi connectivity index (χ1n) is 6.66. The van der Waals surface area contributed by atoms with Gasteiger partial charge in [0.15, 0.2) is 0 Å². The summed E-state index contributed by atoms with van der Waals surface area (Å²) >= 11 is 1.62. The molecule has 1 heterocycles. The lowest BCUT2D eigenvalue weighted by atomic mass is 10.2. The second-order valence-electron chi connectivity index (χ2n) is 4.65. The normalized spacial score (nSPS) is 11.2. The Morgan fingerprint density at radius 3 is 2.96 bits per heavy atom. The largest absolute Gasteiger partial charge is 0.399 e. The lowest BCUT2D eigenvalue weighted by molar-refractivity contribution is -0.116. The molecule has 1 aliphatic heterocycles. The average molecular weight is 347 g/mol. The number of nitrogens with zero attached hydrogens (tertiary/aromatic N) is 2. The number of nitrogens with two attached hydrogens (primary N) is 1. The van der Waals surface area contributed by atoms with Gasteiger partial charge in [-0.15, -0.1) is 23.7 Å². The molecule has 1 aliphatic carbocycles. The van der Waals surface area contributed by atoms with Gasteiger partial charge >= 0.3 is 0 Å². The number of nitrogen functional groups attached to an aromatic ring is 1. The van der Waals surface area contributed by atoms with Crippen molar-refractivity contribution in [2.45, 2.75) is 0 Å². The predicted octanol–water partition coefficient (Wildman–Crippen LogP) is 2.57. The Bertz CT molecular complexity index is 906. The van der Waals surface area contributed by atoms with Gasteiger partial charge in [-0.2, -0.15) is 0 Å². The number of rotatable bonds is 3. The minimum absolute atomic E-state index is 0. The first-order chi connectivity index (χ1) is 10.7. The van der Waals surface area contributed by atoms with Gasteiger partial charge in [-0.25, -0.2) is 4.98 Å². The van der Waals surface area contributed by atoms with Gasteiger partial charge in [0.05, 0.1) is 26.1 Å². The summed E-state index contributed by atoms with van der Waals surface area (Å²) in [6, 6.07) is 11.4. The number of hydrogen-bond acceptors (Lipinski definition) is 5. The Balaban J connectivity index is 0.00000192. The minimum atomic E-state index is -0.240. The van der Waals surface area contributed by atoms with Crippen molar-refractivity contribution in [1.82, 2.24) is 10.3 Å². The molecule has 5 nitrogen and oxygen atoms in total. The van der Waals surface area contributed by atoms with Crippen LogP contribution in [0, 0.1) is 0 Å². The molecule has 0 fully saturated rings. The van der Waals surface area contributed by atoms with E-state index in [1.54, 1.807) is 11.3 Å².